The molecular formula is C17H33N3O3S. The van der Waals surface area contributed by atoms with Crippen LogP contribution >= 0.6 is 0 Å². The van der Waals surface area contributed by atoms with Gasteiger partial charge in [-0.15, -0.1) is 0 Å². The standard InChI is InChI=1S/C17H33N3O3S/c1-4-15(5-2)17(21)19-13-16(14-19)20(24(3,22)23)12-11-18-9-7-6-8-10-18/h15-16H,4-14H2,1-3H3. The molecule has 0 unspecified atom stereocenters. The van der Waals surface area contributed by atoms with Crippen molar-refractivity contribution < 1.29 is 13.2 Å². The number of amides is 1. The lowest BCUT2D eigenvalue weighted by atomic mass is 9.98. The first-order valence-corrected chi connectivity index (χ1v) is 11.2. The summed E-state index contributed by atoms with van der Waals surface area (Å²) in [6.07, 6.45) is 6.68. The lowest BCUT2D eigenvalue weighted by Crippen LogP contribution is -2.63. The molecule has 0 bridgehead atoms. The third-order valence-electron chi connectivity index (χ3n) is 5.43. The fourth-order valence-corrected chi connectivity index (χ4v) is 4.84. The summed E-state index contributed by atoms with van der Waals surface area (Å²) in [6.45, 7) is 8.63. The Morgan fingerprint density at radius 1 is 1.12 bits per heavy atom. The molecule has 6 nitrogen and oxygen atoms in total. The SMILES string of the molecule is CCC(CC)C(=O)N1CC(N(CCN2CCCCC2)S(C)(=O)=O)C1. The third kappa shape index (κ3) is 4.92. The minimum atomic E-state index is -3.24. The maximum atomic E-state index is 12.4. The molecule has 0 aromatic heterocycles. The van der Waals surface area contributed by atoms with E-state index >= 15 is 0 Å². The first kappa shape index (κ1) is 19.7. The Balaban J connectivity index is 1.87. The summed E-state index contributed by atoms with van der Waals surface area (Å²) >= 11 is 0. The van der Waals surface area contributed by atoms with Gasteiger partial charge in [-0.1, -0.05) is 20.3 Å². The molecule has 1 amide bonds. The van der Waals surface area contributed by atoms with Gasteiger partial charge in [0.15, 0.2) is 0 Å². The van der Waals surface area contributed by atoms with Crippen LogP contribution in [0.3, 0.4) is 0 Å². The van der Waals surface area contributed by atoms with E-state index in [9.17, 15) is 13.2 Å². The topological polar surface area (TPSA) is 60.9 Å². The van der Waals surface area contributed by atoms with Gasteiger partial charge in [-0.05, 0) is 38.8 Å². The quantitative estimate of drug-likeness (QED) is 0.657. The number of nitrogens with zero attached hydrogens (tertiary/aromatic N) is 3. The van der Waals surface area contributed by atoms with Crippen LogP contribution in [0.15, 0.2) is 0 Å². The highest BCUT2D eigenvalue weighted by Gasteiger charge is 2.39. The lowest BCUT2D eigenvalue weighted by Gasteiger charge is -2.45. The van der Waals surface area contributed by atoms with Crippen molar-refractivity contribution in [1.29, 1.82) is 0 Å². The lowest BCUT2D eigenvalue weighted by molar-refractivity contribution is -0.142. The maximum Gasteiger partial charge on any atom is 0.225 e. The highest BCUT2D eigenvalue weighted by Crippen LogP contribution is 2.22. The van der Waals surface area contributed by atoms with E-state index in [4.69, 9.17) is 0 Å². The zero-order valence-corrected chi connectivity index (χ0v) is 16.2. The highest BCUT2D eigenvalue weighted by molar-refractivity contribution is 7.88. The van der Waals surface area contributed by atoms with Gasteiger partial charge < -0.3 is 9.80 Å². The van der Waals surface area contributed by atoms with Gasteiger partial charge in [-0.2, -0.15) is 4.31 Å². The van der Waals surface area contributed by atoms with Crippen LogP contribution in [0.5, 0.6) is 0 Å². The molecule has 2 aliphatic heterocycles. The predicted molar refractivity (Wildman–Crippen MR) is 96.3 cm³/mol. The number of rotatable bonds is 8. The van der Waals surface area contributed by atoms with Crippen LogP contribution in [0.2, 0.25) is 0 Å². The van der Waals surface area contributed by atoms with E-state index in [1.165, 1.54) is 25.5 Å². The molecule has 0 aromatic rings. The van der Waals surface area contributed by atoms with E-state index in [1.807, 2.05) is 18.7 Å². The van der Waals surface area contributed by atoms with Crippen LogP contribution in [0.25, 0.3) is 0 Å². The smallest absolute Gasteiger partial charge is 0.225 e. The molecule has 2 aliphatic rings. The summed E-state index contributed by atoms with van der Waals surface area (Å²) in [4.78, 5) is 16.5. The molecule has 0 N–H and O–H groups in total. The van der Waals surface area contributed by atoms with Crippen molar-refractivity contribution in [3.63, 3.8) is 0 Å². The van der Waals surface area contributed by atoms with E-state index in [0.29, 0.717) is 19.6 Å². The van der Waals surface area contributed by atoms with Crippen molar-refractivity contribution >= 4 is 15.9 Å². The van der Waals surface area contributed by atoms with E-state index in [-0.39, 0.29) is 17.9 Å². The molecule has 0 aromatic carbocycles. The van der Waals surface area contributed by atoms with Crippen LogP contribution in [-0.2, 0) is 14.8 Å². The maximum absolute atomic E-state index is 12.4. The molecular weight excluding hydrogens is 326 g/mol. The average molecular weight is 360 g/mol. The predicted octanol–water partition coefficient (Wildman–Crippen LogP) is 1.38. The van der Waals surface area contributed by atoms with Crippen molar-refractivity contribution in [3.8, 4) is 0 Å². The van der Waals surface area contributed by atoms with Crippen molar-refractivity contribution in [2.75, 3.05) is 45.5 Å². The Hall–Kier alpha value is -0.660. The summed E-state index contributed by atoms with van der Waals surface area (Å²) in [6, 6.07) is -0.0527. The second-order valence-electron chi connectivity index (χ2n) is 7.19. The van der Waals surface area contributed by atoms with Gasteiger partial charge in [0.1, 0.15) is 0 Å². The first-order chi connectivity index (χ1) is 11.4. The average Bonchev–Trinajstić information content (AvgIpc) is 2.50. The van der Waals surface area contributed by atoms with Gasteiger partial charge in [0.25, 0.3) is 0 Å². The Labute approximate surface area is 147 Å². The highest BCUT2D eigenvalue weighted by atomic mass is 32.2. The number of carbonyl (C=O) groups is 1. The molecule has 24 heavy (non-hydrogen) atoms. The van der Waals surface area contributed by atoms with Gasteiger partial charge >= 0.3 is 0 Å². The van der Waals surface area contributed by atoms with Gasteiger partial charge in [-0.25, -0.2) is 8.42 Å². The Kier molecular flexibility index (Phi) is 7.07. The zero-order chi connectivity index (χ0) is 17.7. The Morgan fingerprint density at radius 3 is 2.21 bits per heavy atom. The normalized spacial score (nSPS) is 20.6. The molecule has 2 fully saturated rings. The third-order valence-corrected chi connectivity index (χ3v) is 6.76. The fraction of sp³-hybridized carbons (Fsp3) is 0.941. The van der Waals surface area contributed by atoms with Crippen LogP contribution in [0.1, 0.15) is 46.0 Å². The molecule has 0 saturated carbocycles. The fourth-order valence-electron chi connectivity index (χ4n) is 3.76. The van der Waals surface area contributed by atoms with E-state index < -0.39 is 10.0 Å². The number of piperidine rings is 1. The van der Waals surface area contributed by atoms with Crippen LogP contribution < -0.4 is 0 Å². The van der Waals surface area contributed by atoms with Crippen molar-refractivity contribution in [1.82, 2.24) is 14.1 Å². The molecule has 2 saturated heterocycles. The van der Waals surface area contributed by atoms with Gasteiger partial charge in [0, 0.05) is 32.1 Å². The second-order valence-corrected chi connectivity index (χ2v) is 9.12. The van der Waals surface area contributed by atoms with Crippen molar-refractivity contribution in [3.05, 3.63) is 0 Å². The zero-order valence-electron chi connectivity index (χ0n) is 15.4. The number of hydrogen-bond donors (Lipinski definition) is 0. The summed E-state index contributed by atoms with van der Waals surface area (Å²) < 4.78 is 25.9. The number of hydrogen-bond acceptors (Lipinski definition) is 4. The van der Waals surface area contributed by atoms with E-state index in [0.717, 1.165) is 32.5 Å². The molecule has 0 radical (unpaired) electrons. The molecule has 140 valence electrons. The largest absolute Gasteiger partial charge is 0.339 e. The van der Waals surface area contributed by atoms with Gasteiger partial charge in [0.05, 0.1) is 12.3 Å². The minimum absolute atomic E-state index is 0.0527. The van der Waals surface area contributed by atoms with Crippen LogP contribution in [-0.4, -0.2) is 80.0 Å². The first-order valence-electron chi connectivity index (χ1n) is 9.34. The van der Waals surface area contributed by atoms with Crippen molar-refractivity contribution in [2.24, 2.45) is 5.92 Å². The Bertz CT molecular complexity index is 507. The monoisotopic (exact) mass is 359 g/mol. The molecule has 2 rings (SSSR count). The molecule has 0 aliphatic carbocycles. The van der Waals surface area contributed by atoms with Crippen LogP contribution in [0.4, 0.5) is 0 Å². The van der Waals surface area contributed by atoms with Crippen LogP contribution in [0, 0.1) is 5.92 Å². The summed E-state index contributed by atoms with van der Waals surface area (Å²) in [5.74, 6) is 0.256. The molecule has 0 atom stereocenters. The Morgan fingerprint density at radius 2 is 1.71 bits per heavy atom. The molecule has 7 heteroatoms. The number of likely N-dealkylation sites (tertiary alicyclic amines) is 2. The summed E-state index contributed by atoms with van der Waals surface area (Å²) in [7, 11) is -3.24. The van der Waals surface area contributed by atoms with E-state index in [1.54, 1.807) is 4.31 Å². The number of carbonyl (C=O) groups excluding carboxylic acids is 1. The van der Waals surface area contributed by atoms with Gasteiger partial charge in [-0.3, -0.25) is 4.79 Å². The summed E-state index contributed by atoms with van der Waals surface area (Å²) in [5.41, 5.74) is 0. The summed E-state index contributed by atoms with van der Waals surface area (Å²) in [5, 5.41) is 0. The van der Waals surface area contributed by atoms with E-state index in [2.05, 4.69) is 4.90 Å². The minimum Gasteiger partial charge on any atom is -0.339 e. The van der Waals surface area contributed by atoms with Crippen molar-refractivity contribution in [2.45, 2.75) is 52.0 Å². The second kappa shape index (κ2) is 8.63. The number of sulfonamides is 1. The molecule has 0 spiro atoms. The van der Waals surface area contributed by atoms with Gasteiger partial charge in [0.2, 0.25) is 15.9 Å². The molecule has 2 heterocycles.